The molecule has 9 heteroatoms. The molecule has 1 aliphatic rings. The molecule has 1 aromatic carbocycles. The van der Waals surface area contributed by atoms with Crippen LogP contribution >= 0.6 is 34.7 Å². The van der Waals surface area contributed by atoms with Crippen LogP contribution in [0, 0.1) is 0 Å². The van der Waals surface area contributed by atoms with Crippen LogP contribution in [-0.4, -0.2) is 19.7 Å². The monoisotopic (exact) mass is 430 g/mol. The first-order valence-electron chi connectivity index (χ1n) is 8.82. The van der Waals surface area contributed by atoms with E-state index in [0.717, 1.165) is 35.0 Å². The largest absolute Gasteiger partial charge is 0.420 e. The zero-order chi connectivity index (χ0) is 19.3. The van der Waals surface area contributed by atoms with Gasteiger partial charge in [0.2, 0.25) is 11.8 Å². The van der Waals surface area contributed by atoms with Gasteiger partial charge in [-0.2, -0.15) is 0 Å². The van der Waals surface area contributed by atoms with E-state index in [1.807, 2.05) is 12.1 Å². The molecule has 3 aromatic heterocycles. The van der Waals surface area contributed by atoms with Crippen molar-refractivity contribution < 1.29 is 4.42 Å². The lowest BCUT2D eigenvalue weighted by molar-refractivity contribution is 0.528. The molecule has 0 N–H and O–H groups in total. The summed E-state index contributed by atoms with van der Waals surface area (Å²) in [7, 11) is 1.77. The average Bonchev–Trinajstić information content (AvgIpc) is 3.40. The summed E-state index contributed by atoms with van der Waals surface area (Å²) in [5.41, 5.74) is 2.04. The number of fused-ring (bicyclic) bond motifs is 3. The molecule has 0 saturated heterocycles. The predicted molar refractivity (Wildman–Crippen MR) is 111 cm³/mol. The third kappa shape index (κ3) is 3.05. The summed E-state index contributed by atoms with van der Waals surface area (Å²) < 4.78 is 7.36. The highest BCUT2D eigenvalue weighted by Gasteiger charge is 2.22. The quantitative estimate of drug-likeness (QED) is 0.351. The Bertz CT molecular complexity index is 1240. The topological polar surface area (TPSA) is 73.8 Å². The van der Waals surface area contributed by atoms with E-state index in [9.17, 15) is 4.79 Å². The van der Waals surface area contributed by atoms with Gasteiger partial charge in [0.1, 0.15) is 4.83 Å². The third-order valence-electron chi connectivity index (χ3n) is 4.79. The van der Waals surface area contributed by atoms with E-state index < -0.39 is 0 Å². The molecule has 0 atom stereocenters. The molecule has 0 bridgehead atoms. The zero-order valence-electron chi connectivity index (χ0n) is 14.9. The Morgan fingerprint density at radius 2 is 2.07 bits per heavy atom. The van der Waals surface area contributed by atoms with E-state index in [-0.39, 0.29) is 5.56 Å². The number of hydrogen-bond donors (Lipinski definition) is 0. The molecule has 6 nitrogen and oxygen atoms in total. The maximum atomic E-state index is 12.9. The minimum atomic E-state index is 0.0271. The van der Waals surface area contributed by atoms with Gasteiger partial charge in [-0.05, 0) is 49.1 Å². The Kier molecular flexibility index (Phi) is 4.49. The molecule has 0 aliphatic heterocycles. The van der Waals surface area contributed by atoms with Gasteiger partial charge in [-0.25, -0.2) is 4.98 Å². The molecule has 0 amide bonds. The molecule has 0 saturated carbocycles. The Morgan fingerprint density at radius 1 is 1.25 bits per heavy atom. The highest BCUT2D eigenvalue weighted by Crippen LogP contribution is 2.35. The highest BCUT2D eigenvalue weighted by atomic mass is 35.5. The minimum Gasteiger partial charge on any atom is -0.420 e. The fraction of sp³-hybridized carbons (Fsp3) is 0.263. The number of nitrogens with zero attached hydrogens (tertiary/aromatic N) is 4. The van der Waals surface area contributed by atoms with E-state index in [1.165, 1.54) is 22.2 Å². The van der Waals surface area contributed by atoms with Crippen LogP contribution in [0.1, 0.15) is 22.8 Å². The summed E-state index contributed by atoms with van der Waals surface area (Å²) in [5.74, 6) is 1.37. The second-order valence-corrected chi connectivity index (χ2v) is 9.06. The van der Waals surface area contributed by atoms with E-state index in [0.29, 0.717) is 27.7 Å². The summed E-state index contributed by atoms with van der Waals surface area (Å²) >= 11 is 8.98. The van der Waals surface area contributed by atoms with Gasteiger partial charge < -0.3 is 4.42 Å². The number of halogens is 1. The molecule has 4 aromatic rings. The molecule has 142 valence electrons. The molecule has 1 aliphatic carbocycles. The molecule has 0 radical (unpaired) electrons. The van der Waals surface area contributed by atoms with Gasteiger partial charge in [-0.15, -0.1) is 21.5 Å². The molecular formula is C19H15ClN4O2S2. The summed E-state index contributed by atoms with van der Waals surface area (Å²) in [5, 5.41) is 10.3. The lowest BCUT2D eigenvalue weighted by atomic mass is 10.2. The van der Waals surface area contributed by atoms with Gasteiger partial charge in [-0.1, -0.05) is 23.4 Å². The van der Waals surface area contributed by atoms with Crippen LogP contribution in [0.3, 0.4) is 0 Å². The van der Waals surface area contributed by atoms with Crippen molar-refractivity contribution in [3.63, 3.8) is 0 Å². The predicted octanol–water partition coefficient (Wildman–Crippen LogP) is 4.48. The second kappa shape index (κ2) is 7.02. The maximum Gasteiger partial charge on any atom is 0.262 e. The first-order chi connectivity index (χ1) is 13.6. The average molecular weight is 431 g/mol. The minimum absolute atomic E-state index is 0.0271. The number of thiophene rings is 1. The number of thioether (sulfide) groups is 1. The highest BCUT2D eigenvalue weighted by molar-refractivity contribution is 7.98. The van der Waals surface area contributed by atoms with E-state index in [2.05, 4.69) is 10.2 Å². The van der Waals surface area contributed by atoms with Gasteiger partial charge in [0.05, 0.1) is 11.1 Å². The van der Waals surface area contributed by atoms with Crippen LogP contribution in [0.15, 0.2) is 38.6 Å². The van der Waals surface area contributed by atoms with Crippen molar-refractivity contribution in [2.75, 3.05) is 0 Å². The fourth-order valence-corrected chi connectivity index (χ4v) is 5.62. The van der Waals surface area contributed by atoms with Crippen LogP contribution in [0.25, 0.3) is 21.7 Å². The fourth-order valence-electron chi connectivity index (χ4n) is 3.38. The SMILES string of the molecule is Cn1c(SCc2nnc(-c3ccc(Cl)cc3)o2)nc2sc3c(c2c1=O)CCC3. The maximum absolute atomic E-state index is 12.9. The molecule has 0 unspecified atom stereocenters. The summed E-state index contributed by atoms with van der Waals surface area (Å²) in [6.07, 6.45) is 3.16. The van der Waals surface area contributed by atoms with Gasteiger partial charge >= 0.3 is 0 Å². The lowest BCUT2D eigenvalue weighted by Crippen LogP contribution is -2.20. The van der Waals surface area contributed by atoms with Crippen molar-refractivity contribution in [1.29, 1.82) is 0 Å². The van der Waals surface area contributed by atoms with Crippen molar-refractivity contribution >= 4 is 44.9 Å². The van der Waals surface area contributed by atoms with Crippen LogP contribution in [0.2, 0.25) is 5.02 Å². The summed E-state index contributed by atoms with van der Waals surface area (Å²) in [6.45, 7) is 0. The smallest absolute Gasteiger partial charge is 0.262 e. The van der Waals surface area contributed by atoms with E-state index in [4.69, 9.17) is 21.0 Å². The van der Waals surface area contributed by atoms with Gasteiger partial charge in [0.25, 0.3) is 5.56 Å². The summed E-state index contributed by atoms with van der Waals surface area (Å²) in [4.78, 5) is 19.7. The molecule has 0 fully saturated rings. The molecule has 0 spiro atoms. The second-order valence-electron chi connectivity index (χ2n) is 6.59. The lowest BCUT2D eigenvalue weighted by Gasteiger charge is -2.06. The van der Waals surface area contributed by atoms with Crippen LogP contribution in [-0.2, 0) is 25.6 Å². The van der Waals surface area contributed by atoms with Gasteiger partial charge in [0.15, 0.2) is 5.16 Å². The Morgan fingerprint density at radius 3 is 2.89 bits per heavy atom. The molecule has 5 rings (SSSR count). The zero-order valence-corrected chi connectivity index (χ0v) is 17.3. The molecule has 28 heavy (non-hydrogen) atoms. The van der Waals surface area contributed by atoms with Crippen molar-refractivity contribution in [1.82, 2.24) is 19.7 Å². The number of hydrogen-bond acceptors (Lipinski definition) is 7. The van der Waals surface area contributed by atoms with Crippen molar-refractivity contribution in [3.05, 3.63) is 56.0 Å². The van der Waals surface area contributed by atoms with Gasteiger partial charge in [-0.3, -0.25) is 9.36 Å². The van der Waals surface area contributed by atoms with Crippen LogP contribution < -0.4 is 5.56 Å². The first-order valence-corrected chi connectivity index (χ1v) is 11.0. The van der Waals surface area contributed by atoms with Crippen molar-refractivity contribution in [2.24, 2.45) is 7.05 Å². The van der Waals surface area contributed by atoms with Crippen molar-refractivity contribution in [3.8, 4) is 11.5 Å². The Hall–Kier alpha value is -2.16. The standard InChI is InChI=1S/C19H15ClN4O2S2/c1-24-18(25)15-12-3-2-4-13(12)28-17(15)21-19(24)27-9-14-22-23-16(26-14)10-5-7-11(20)8-6-10/h5-8H,2-4,9H2,1H3. The van der Waals surface area contributed by atoms with Crippen LogP contribution in [0.5, 0.6) is 0 Å². The number of aromatic nitrogens is 4. The van der Waals surface area contributed by atoms with E-state index in [1.54, 1.807) is 35.1 Å². The number of aryl methyl sites for hydroxylation is 2. The normalized spacial score (nSPS) is 13.4. The number of rotatable bonds is 4. The first kappa shape index (κ1) is 17.9. The van der Waals surface area contributed by atoms with Crippen LogP contribution in [0.4, 0.5) is 0 Å². The van der Waals surface area contributed by atoms with Crippen molar-refractivity contribution in [2.45, 2.75) is 30.2 Å². The Labute approximate surface area is 173 Å². The Balaban J connectivity index is 1.40. The molecular weight excluding hydrogens is 416 g/mol. The molecule has 3 heterocycles. The third-order valence-corrected chi connectivity index (χ3v) is 7.24. The number of benzene rings is 1. The summed E-state index contributed by atoms with van der Waals surface area (Å²) in [6, 6.07) is 7.23. The van der Waals surface area contributed by atoms with E-state index >= 15 is 0 Å². The van der Waals surface area contributed by atoms with Gasteiger partial charge in [0, 0.05) is 22.5 Å².